The third-order valence-corrected chi connectivity index (χ3v) is 5.79. The zero-order valence-electron chi connectivity index (χ0n) is 15.6. The van der Waals surface area contributed by atoms with E-state index in [4.69, 9.17) is 0 Å². The zero-order chi connectivity index (χ0) is 17.8. The van der Waals surface area contributed by atoms with Crippen LogP contribution in [-0.2, 0) is 16.0 Å². The SMILES string of the molecule is Cc1ccc(CC(=O)N2CCCN(C(=O)C3CCCC3)CC2)cc1C. The summed E-state index contributed by atoms with van der Waals surface area (Å²) in [6.07, 6.45) is 5.81. The molecule has 136 valence electrons. The first-order valence-corrected chi connectivity index (χ1v) is 9.67. The maximum atomic E-state index is 12.7. The topological polar surface area (TPSA) is 40.6 Å². The normalized spacial score (nSPS) is 19.1. The molecule has 1 aromatic rings. The van der Waals surface area contributed by atoms with Crippen LogP contribution in [0, 0.1) is 19.8 Å². The standard InChI is InChI=1S/C21H30N2O2/c1-16-8-9-18(14-17(16)2)15-20(24)22-10-5-11-23(13-12-22)21(25)19-6-3-4-7-19/h8-9,14,19H,3-7,10-13,15H2,1-2H3. The lowest BCUT2D eigenvalue weighted by atomic mass is 10.0. The summed E-state index contributed by atoms with van der Waals surface area (Å²) in [6.45, 7) is 7.09. The molecular formula is C21H30N2O2. The van der Waals surface area contributed by atoms with Crippen molar-refractivity contribution < 1.29 is 9.59 Å². The van der Waals surface area contributed by atoms with Gasteiger partial charge in [-0.1, -0.05) is 31.0 Å². The molecule has 0 unspecified atom stereocenters. The summed E-state index contributed by atoms with van der Waals surface area (Å²) in [7, 11) is 0. The summed E-state index contributed by atoms with van der Waals surface area (Å²) in [4.78, 5) is 29.2. The average Bonchev–Trinajstić information content (AvgIpc) is 3.02. The highest BCUT2D eigenvalue weighted by atomic mass is 16.2. The zero-order valence-corrected chi connectivity index (χ0v) is 15.6. The largest absolute Gasteiger partial charge is 0.341 e. The number of carbonyl (C=O) groups is 2. The lowest BCUT2D eigenvalue weighted by Crippen LogP contribution is -2.39. The Labute approximate surface area is 151 Å². The molecule has 1 saturated carbocycles. The maximum Gasteiger partial charge on any atom is 0.227 e. The number of nitrogens with zero attached hydrogens (tertiary/aromatic N) is 2. The number of hydrogen-bond donors (Lipinski definition) is 0. The summed E-state index contributed by atoms with van der Waals surface area (Å²) in [5.41, 5.74) is 3.57. The van der Waals surface area contributed by atoms with Crippen LogP contribution in [-0.4, -0.2) is 47.8 Å². The molecule has 0 atom stereocenters. The van der Waals surface area contributed by atoms with E-state index < -0.39 is 0 Å². The van der Waals surface area contributed by atoms with Crippen LogP contribution in [0.2, 0.25) is 0 Å². The van der Waals surface area contributed by atoms with E-state index in [1.165, 1.54) is 24.0 Å². The van der Waals surface area contributed by atoms with Gasteiger partial charge in [-0.25, -0.2) is 0 Å². The predicted octanol–water partition coefficient (Wildman–Crippen LogP) is 3.10. The van der Waals surface area contributed by atoms with Crippen molar-refractivity contribution in [3.63, 3.8) is 0 Å². The Morgan fingerprint density at radius 3 is 2.32 bits per heavy atom. The summed E-state index contributed by atoms with van der Waals surface area (Å²) >= 11 is 0. The molecule has 0 aromatic heterocycles. The second kappa shape index (κ2) is 8.03. The lowest BCUT2D eigenvalue weighted by molar-refractivity contribution is -0.136. The number of aryl methyl sites for hydroxylation is 2. The minimum absolute atomic E-state index is 0.179. The van der Waals surface area contributed by atoms with Crippen molar-refractivity contribution in [3.8, 4) is 0 Å². The fraction of sp³-hybridized carbons (Fsp3) is 0.619. The van der Waals surface area contributed by atoms with Crippen molar-refractivity contribution >= 4 is 11.8 Å². The first-order valence-electron chi connectivity index (χ1n) is 9.67. The number of amides is 2. The Morgan fingerprint density at radius 1 is 0.920 bits per heavy atom. The fourth-order valence-corrected chi connectivity index (χ4v) is 4.02. The van der Waals surface area contributed by atoms with E-state index in [1.54, 1.807) is 0 Å². The lowest BCUT2D eigenvalue weighted by Gasteiger charge is -2.24. The number of hydrogen-bond acceptors (Lipinski definition) is 2. The van der Waals surface area contributed by atoms with Crippen molar-refractivity contribution in [1.29, 1.82) is 0 Å². The van der Waals surface area contributed by atoms with E-state index >= 15 is 0 Å². The van der Waals surface area contributed by atoms with Crippen molar-refractivity contribution in [2.75, 3.05) is 26.2 Å². The molecule has 1 aliphatic carbocycles. The van der Waals surface area contributed by atoms with Gasteiger partial charge in [0.2, 0.25) is 11.8 Å². The molecule has 1 aromatic carbocycles. The van der Waals surface area contributed by atoms with E-state index in [1.807, 2.05) is 15.9 Å². The molecule has 0 radical (unpaired) electrons. The second-order valence-corrected chi connectivity index (χ2v) is 7.64. The van der Waals surface area contributed by atoms with Crippen LogP contribution in [0.15, 0.2) is 18.2 Å². The maximum absolute atomic E-state index is 12.7. The molecule has 1 aliphatic heterocycles. The summed E-state index contributed by atoms with van der Waals surface area (Å²) in [5.74, 6) is 0.733. The van der Waals surface area contributed by atoms with Crippen LogP contribution < -0.4 is 0 Å². The van der Waals surface area contributed by atoms with E-state index in [9.17, 15) is 9.59 Å². The minimum Gasteiger partial charge on any atom is -0.341 e. The molecule has 0 N–H and O–H groups in total. The molecule has 2 amide bonds. The van der Waals surface area contributed by atoms with Gasteiger partial charge in [0.05, 0.1) is 6.42 Å². The van der Waals surface area contributed by atoms with Crippen LogP contribution in [0.5, 0.6) is 0 Å². The van der Waals surface area contributed by atoms with Crippen molar-refractivity contribution in [2.45, 2.75) is 52.4 Å². The summed E-state index contributed by atoms with van der Waals surface area (Å²) < 4.78 is 0. The molecule has 4 heteroatoms. The number of carbonyl (C=O) groups excluding carboxylic acids is 2. The molecule has 25 heavy (non-hydrogen) atoms. The third kappa shape index (κ3) is 4.42. The van der Waals surface area contributed by atoms with Crippen molar-refractivity contribution in [2.24, 2.45) is 5.92 Å². The number of benzene rings is 1. The van der Waals surface area contributed by atoms with Gasteiger partial charge in [0.15, 0.2) is 0 Å². The molecule has 0 spiro atoms. The quantitative estimate of drug-likeness (QED) is 0.847. The first-order chi connectivity index (χ1) is 12.0. The van der Waals surface area contributed by atoms with Crippen LogP contribution in [0.25, 0.3) is 0 Å². The molecule has 4 nitrogen and oxygen atoms in total. The smallest absolute Gasteiger partial charge is 0.227 e. The van der Waals surface area contributed by atoms with Crippen LogP contribution in [0.4, 0.5) is 0 Å². The van der Waals surface area contributed by atoms with Gasteiger partial charge in [0.1, 0.15) is 0 Å². The summed E-state index contributed by atoms with van der Waals surface area (Å²) in [5, 5.41) is 0. The van der Waals surface area contributed by atoms with Crippen LogP contribution in [0.1, 0.15) is 48.8 Å². The highest BCUT2D eigenvalue weighted by Crippen LogP contribution is 2.27. The summed E-state index contributed by atoms with van der Waals surface area (Å²) in [6, 6.07) is 6.25. The van der Waals surface area contributed by atoms with Gasteiger partial charge in [0.25, 0.3) is 0 Å². The third-order valence-electron chi connectivity index (χ3n) is 5.79. The van der Waals surface area contributed by atoms with E-state index in [-0.39, 0.29) is 11.8 Å². The second-order valence-electron chi connectivity index (χ2n) is 7.64. The van der Waals surface area contributed by atoms with E-state index in [2.05, 4.69) is 26.0 Å². The Kier molecular flexibility index (Phi) is 5.77. The van der Waals surface area contributed by atoms with Crippen molar-refractivity contribution in [1.82, 2.24) is 9.80 Å². The molecule has 0 bridgehead atoms. The van der Waals surface area contributed by atoms with Gasteiger partial charge in [-0.15, -0.1) is 0 Å². The highest BCUT2D eigenvalue weighted by Gasteiger charge is 2.29. The van der Waals surface area contributed by atoms with Crippen LogP contribution in [0.3, 0.4) is 0 Å². The Balaban J connectivity index is 1.55. The van der Waals surface area contributed by atoms with Gasteiger partial charge < -0.3 is 9.80 Å². The Hall–Kier alpha value is -1.84. The highest BCUT2D eigenvalue weighted by molar-refractivity contribution is 5.80. The molecule has 3 rings (SSSR count). The molecular weight excluding hydrogens is 312 g/mol. The average molecular weight is 342 g/mol. The molecule has 1 heterocycles. The monoisotopic (exact) mass is 342 g/mol. The van der Waals surface area contributed by atoms with Gasteiger partial charge in [-0.05, 0) is 49.8 Å². The molecule has 2 fully saturated rings. The fourth-order valence-electron chi connectivity index (χ4n) is 4.02. The van der Waals surface area contributed by atoms with Gasteiger partial charge in [-0.3, -0.25) is 9.59 Å². The Bertz CT molecular complexity index is 635. The first kappa shape index (κ1) is 18.0. The van der Waals surface area contributed by atoms with Gasteiger partial charge in [-0.2, -0.15) is 0 Å². The molecule has 2 aliphatic rings. The predicted molar refractivity (Wildman–Crippen MR) is 99.4 cm³/mol. The molecule has 1 saturated heterocycles. The van der Waals surface area contributed by atoms with E-state index in [0.29, 0.717) is 25.4 Å². The van der Waals surface area contributed by atoms with Gasteiger partial charge in [0, 0.05) is 32.1 Å². The van der Waals surface area contributed by atoms with E-state index in [0.717, 1.165) is 37.9 Å². The van der Waals surface area contributed by atoms with Crippen molar-refractivity contribution in [3.05, 3.63) is 34.9 Å². The van der Waals surface area contributed by atoms with Gasteiger partial charge >= 0.3 is 0 Å². The minimum atomic E-state index is 0.179. The van der Waals surface area contributed by atoms with Crippen LogP contribution >= 0.6 is 0 Å². The Morgan fingerprint density at radius 2 is 1.60 bits per heavy atom. The number of rotatable bonds is 3.